The summed E-state index contributed by atoms with van der Waals surface area (Å²) < 4.78 is 0.702. The Morgan fingerprint density at radius 1 is 1.21 bits per heavy atom. The molecule has 0 bridgehead atoms. The number of halogens is 1. The largest absolute Gasteiger partial charge is 0.356 e. The zero-order valence-corrected chi connectivity index (χ0v) is 15.3. The Kier molecular flexibility index (Phi) is 4.93. The summed E-state index contributed by atoms with van der Waals surface area (Å²) >= 11 is 3.21. The van der Waals surface area contributed by atoms with Gasteiger partial charge in [-0.25, -0.2) is 4.98 Å². The number of nitrogens with one attached hydrogen (secondary N) is 4. The third kappa shape index (κ3) is 3.91. The second-order valence-electron chi connectivity index (χ2n) is 6.26. The average molecular weight is 396 g/mol. The van der Waals surface area contributed by atoms with E-state index < -0.39 is 17.4 Å². The lowest BCUT2D eigenvalue weighted by molar-refractivity contribution is 0.0842. The molecule has 0 spiro atoms. The maximum absolute atomic E-state index is 12.2. The Bertz CT molecular complexity index is 848. The third-order valence-corrected chi connectivity index (χ3v) is 3.68. The minimum absolute atomic E-state index is 0.143. The predicted molar refractivity (Wildman–Crippen MR) is 91.7 cm³/mol. The number of aryl methyl sites for hydroxylation is 1. The number of aromatic amines is 2. The van der Waals surface area contributed by atoms with Gasteiger partial charge in [-0.15, -0.1) is 0 Å². The Balaban J connectivity index is 2.16. The molecule has 24 heavy (non-hydrogen) atoms. The normalized spacial score (nSPS) is 11.2. The Morgan fingerprint density at radius 2 is 1.83 bits per heavy atom. The second-order valence-corrected chi connectivity index (χ2v) is 7.18. The summed E-state index contributed by atoms with van der Waals surface area (Å²) in [6.45, 7) is 7.28. The lowest BCUT2D eigenvalue weighted by Gasteiger charge is -2.18. The topological polar surface area (TPSA) is 120 Å². The molecule has 128 valence electrons. The van der Waals surface area contributed by atoms with E-state index in [1.54, 1.807) is 19.2 Å². The van der Waals surface area contributed by atoms with E-state index in [-0.39, 0.29) is 22.4 Å². The molecule has 2 aromatic rings. The van der Waals surface area contributed by atoms with E-state index in [1.165, 1.54) is 0 Å². The number of aromatic nitrogens is 3. The second kappa shape index (κ2) is 6.60. The molecule has 2 amide bonds. The van der Waals surface area contributed by atoms with Gasteiger partial charge in [0.2, 0.25) is 0 Å². The van der Waals surface area contributed by atoms with Crippen LogP contribution >= 0.6 is 15.9 Å². The predicted octanol–water partition coefficient (Wildman–Crippen LogP) is 1.54. The third-order valence-electron chi connectivity index (χ3n) is 3.22. The molecule has 9 heteroatoms. The molecule has 0 atom stereocenters. The smallest absolute Gasteiger partial charge is 0.286 e. The van der Waals surface area contributed by atoms with Gasteiger partial charge in [0, 0.05) is 16.1 Å². The van der Waals surface area contributed by atoms with Crippen LogP contribution in [-0.4, -0.2) is 26.8 Å². The summed E-state index contributed by atoms with van der Waals surface area (Å²) in [5.41, 5.74) is 3.95. The fraction of sp³-hybridized carbons (Fsp3) is 0.333. The molecular weight excluding hydrogens is 378 g/mol. The Morgan fingerprint density at radius 3 is 2.33 bits per heavy atom. The lowest BCUT2D eigenvalue weighted by atomic mass is 9.95. The molecule has 2 aromatic heterocycles. The van der Waals surface area contributed by atoms with Crippen LogP contribution in [0.5, 0.6) is 0 Å². The van der Waals surface area contributed by atoms with Gasteiger partial charge in [-0.1, -0.05) is 20.8 Å². The number of amides is 2. The molecular formula is C15H18BrN5O3. The number of hydrogen-bond acceptors (Lipinski definition) is 4. The van der Waals surface area contributed by atoms with Crippen molar-refractivity contribution < 1.29 is 9.59 Å². The minimum Gasteiger partial charge on any atom is -0.356 e. The quantitative estimate of drug-likeness (QED) is 0.576. The van der Waals surface area contributed by atoms with E-state index in [2.05, 4.69) is 41.7 Å². The van der Waals surface area contributed by atoms with Gasteiger partial charge in [-0.3, -0.25) is 25.2 Å². The van der Waals surface area contributed by atoms with Crippen LogP contribution in [-0.2, 0) is 5.41 Å². The molecule has 4 N–H and O–H groups in total. The van der Waals surface area contributed by atoms with Gasteiger partial charge >= 0.3 is 0 Å². The molecule has 0 aliphatic heterocycles. The van der Waals surface area contributed by atoms with Crippen molar-refractivity contribution in [3.8, 4) is 0 Å². The van der Waals surface area contributed by atoms with Gasteiger partial charge in [0.05, 0.1) is 5.69 Å². The van der Waals surface area contributed by atoms with Crippen LogP contribution in [0.2, 0.25) is 0 Å². The highest BCUT2D eigenvalue weighted by Crippen LogP contribution is 2.17. The first-order valence-electron chi connectivity index (χ1n) is 7.15. The molecule has 0 fully saturated rings. The van der Waals surface area contributed by atoms with Crippen molar-refractivity contribution in [1.29, 1.82) is 0 Å². The Hall–Kier alpha value is -2.42. The number of nitrogens with zero attached hydrogens (tertiary/aromatic N) is 1. The van der Waals surface area contributed by atoms with Gasteiger partial charge in [-0.05, 0) is 28.9 Å². The van der Waals surface area contributed by atoms with Gasteiger partial charge in [0.25, 0.3) is 17.4 Å². The molecule has 2 rings (SSSR count). The van der Waals surface area contributed by atoms with Crippen LogP contribution in [0.3, 0.4) is 0 Å². The maximum Gasteiger partial charge on any atom is 0.286 e. The van der Waals surface area contributed by atoms with E-state index in [0.717, 1.165) is 0 Å². The standard InChI is InChI=1S/C15H18BrN5O3/c1-7-10(12(23)19-14(18-7)15(2,3)4)13(24)21-20-11(22)9-5-8(16)6-17-9/h5-6,17H,1-4H3,(H,20,22)(H,21,24)(H,18,19,23). The zero-order valence-electron chi connectivity index (χ0n) is 13.7. The molecule has 0 aliphatic rings. The molecule has 0 unspecified atom stereocenters. The van der Waals surface area contributed by atoms with Crippen molar-refractivity contribution >= 4 is 27.7 Å². The first kappa shape index (κ1) is 17.9. The van der Waals surface area contributed by atoms with Crippen molar-refractivity contribution in [1.82, 2.24) is 25.8 Å². The van der Waals surface area contributed by atoms with Crippen molar-refractivity contribution in [2.45, 2.75) is 33.1 Å². The molecule has 0 aliphatic carbocycles. The first-order valence-corrected chi connectivity index (χ1v) is 7.95. The highest BCUT2D eigenvalue weighted by atomic mass is 79.9. The van der Waals surface area contributed by atoms with Crippen molar-refractivity contribution in [3.05, 3.63) is 49.9 Å². The molecule has 2 heterocycles. The molecule has 0 saturated carbocycles. The summed E-state index contributed by atoms with van der Waals surface area (Å²) in [5, 5.41) is 0. The molecule has 8 nitrogen and oxygen atoms in total. The fourth-order valence-corrected chi connectivity index (χ4v) is 2.29. The van der Waals surface area contributed by atoms with Crippen LogP contribution in [0.15, 0.2) is 21.5 Å². The minimum atomic E-state index is -0.735. The monoisotopic (exact) mass is 395 g/mol. The number of carbonyl (C=O) groups is 2. The highest BCUT2D eigenvalue weighted by molar-refractivity contribution is 9.10. The van der Waals surface area contributed by atoms with E-state index in [9.17, 15) is 14.4 Å². The SMILES string of the molecule is Cc1nc(C(C)(C)C)[nH]c(=O)c1C(=O)NNC(=O)c1cc(Br)c[nH]1. The van der Waals surface area contributed by atoms with Crippen molar-refractivity contribution in [3.63, 3.8) is 0 Å². The van der Waals surface area contributed by atoms with Crippen molar-refractivity contribution in [2.75, 3.05) is 0 Å². The number of hydrogen-bond donors (Lipinski definition) is 4. The molecule has 0 saturated heterocycles. The van der Waals surface area contributed by atoms with E-state index in [0.29, 0.717) is 10.3 Å². The van der Waals surface area contributed by atoms with Crippen LogP contribution in [0.25, 0.3) is 0 Å². The fourth-order valence-electron chi connectivity index (χ4n) is 1.95. The number of rotatable bonds is 2. The van der Waals surface area contributed by atoms with Gasteiger partial charge in [0.15, 0.2) is 0 Å². The number of carbonyl (C=O) groups excluding carboxylic acids is 2. The van der Waals surface area contributed by atoms with Gasteiger partial charge in [-0.2, -0.15) is 0 Å². The van der Waals surface area contributed by atoms with Crippen LogP contribution in [0.4, 0.5) is 0 Å². The van der Waals surface area contributed by atoms with E-state index >= 15 is 0 Å². The maximum atomic E-state index is 12.2. The zero-order chi connectivity index (χ0) is 18.1. The Labute approximate surface area is 146 Å². The summed E-state index contributed by atoms with van der Waals surface area (Å²) in [7, 11) is 0. The highest BCUT2D eigenvalue weighted by Gasteiger charge is 2.22. The van der Waals surface area contributed by atoms with Gasteiger partial charge in [0.1, 0.15) is 17.1 Å². The van der Waals surface area contributed by atoms with Crippen molar-refractivity contribution in [2.24, 2.45) is 0 Å². The molecule has 0 radical (unpaired) electrons. The summed E-state index contributed by atoms with van der Waals surface area (Å²) in [5.74, 6) is -0.787. The number of H-pyrrole nitrogens is 2. The van der Waals surface area contributed by atoms with E-state index in [4.69, 9.17) is 0 Å². The summed E-state index contributed by atoms with van der Waals surface area (Å²) in [6.07, 6.45) is 1.58. The van der Waals surface area contributed by atoms with Crippen LogP contribution in [0.1, 0.15) is 53.1 Å². The summed E-state index contributed by atoms with van der Waals surface area (Å²) in [4.78, 5) is 45.8. The van der Waals surface area contributed by atoms with E-state index in [1.807, 2.05) is 20.8 Å². The first-order chi connectivity index (χ1) is 11.1. The summed E-state index contributed by atoms with van der Waals surface area (Å²) in [6, 6.07) is 1.55. The molecule has 0 aromatic carbocycles. The average Bonchev–Trinajstić information content (AvgIpc) is 2.89. The lowest BCUT2D eigenvalue weighted by Crippen LogP contribution is -2.44. The van der Waals surface area contributed by atoms with Crippen LogP contribution < -0.4 is 16.4 Å². The van der Waals surface area contributed by atoms with Crippen LogP contribution in [0, 0.1) is 6.92 Å². The van der Waals surface area contributed by atoms with Gasteiger partial charge < -0.3 is 9.97 Å². The number of hydrazine groups is 1.